The van der Waals surface area contributed by atoms with Gasteiger partial charge in [-0.1, -0.05) is 11.8 Å². The predicted molar refractivity (Wildman–Crippen MR) is 97.0 cm³/mol. The Hall–Kier alpha value is -2.76. The van der Waals surface area contributed by atoms with Crippen molar-refractivity contribution in [2.75, 3.05) is 27.4 Å². The van der Waals surface area contributed by atoms with E-state index >= 15 is 0 Å². The molecular weight excluding hydrogens is 356 g/mol. The first kappa shape index (κ1) is 19.6. The van der Waals surface area contributed by atoms with E-state index in [1.807, 2.05) is 13.0 Å². The van der Waals surface area contributed by atoms with E-state index in [2.05, 4.69) is 21.5 Å². The van der Waals surface area contributed by atoms with Gasteiger partial charge in [-0.2, -0.15) is 4.72 Å². The van der Waals surface area contributed by atoms with Crippen LogP contribution in [0.5, 0.6) is 17.2 Å². The molecule has 0 spiro atoms. The molecule has 0 bridgehead atoms. The van der Waals surface area contributed by atoms with E-state index in [0.29, 0.717) is 11.5 Å². The van der Waals surface area contributed by atoms with Crippen molar-refractivity contribution in [3.63, 3.8) is 0 Å². The van der Waals surface area contributed by atoms with Crippen LogP contribution >= 0.6 is 0 Å². The summed E-state index contributed by atoms with van der Waals surface area (Å²) in [6, 6.07) is 8.17. The minimum Gasteiger partial charge on any atom is -0.497 e. The lowest BCUT2D eigenvalue weighted by Crippen LogP contribution is -2.24. The van der Waals surface area contributed by atoms with E-state index in [0.717, 1.165) is 5.69 Å². The van der Waals surface area contributed by atoms with Crippen molar-refractivity contribution in [2.45, 2.75) is 11.8 Å². The average molecular weight is 376 g/mol. The molecule has 1 aromatic carbocycles. The summed E-state index contributed by atoms with van der Waals surface area (Å²) < 4.78 is 42.8. The molecule has 0 atom stereocenters. The van der Waals surface area contributed by atoms with Gasteiger partial charge in [0.1, 0.15) is 28.8 Å². The van der Waals surface area contributed by atoms with Gasteiger partial charge in [-0.3, -0.25) is 4.98 Å². The van der Waals surface area contributed by atoms with Crippen molar-refractivity contribution in [3.8, 4) is 29.1 Å². The van der Waals surface area contributed by atoms with Crippen LogP contribution in [0.2, 0.25) is 0 Å². The van der Waals surface area contributed by atoms with Gasteiger partial charge in [-0.25, -0.2) is 8.42 Å². The third kappa shape index (κ3) is 5.37. The molecule has 0 unspecified atom stereocenters. The van der Waals surface area contributed by atoms with Gasteiger partial charge in [0.25, 0.3) is 0 Å². The van der Waals surface area contributed by atoms with E-state index in [4.69, 9.17) is 14.2 Å². The molecule has 0 aliphatic heterocycles. The maximum atomic E-state index is 12.4. The molecule has 0 fully saturated rings. The monoisotopic (exact) mass is 376 g/mol. The second-order valence-electron chi connectivity index (χ2n) is 5.12. The Morgan fingerprint density at radius 3 is 2.50 bits per heavy atom. The molecule has 0 saturated heterocycles. The first-order valence-electron chi connectivity index (χ1n) is 7.69. The van der Waals surface area contributed by atoms with Gasteiger partial charge < -0.3 is 14.2 Å². The van der Waals surface area contributed by atoms with Crippen LogP contribution in [0.1, 0.15) is 5.69 Å². The van der Waals surface area contributed by atoms with E-state index in [1.54, 1.807) is 18.3 Å². The number of hydrogen-bond donors (Lipinski definition) is 1. The minimum atomic E-state index is -3.79. The lowest BCUT2D eigenvalue weighted by Gasteiger charge is -2.10. The quantitative estimate of drug-likeness (QED) is 0.741. The SMILES string of the molecule is COc1ccc(OC)c(S(=O)(=O)NCC#CCOc2ccc(C)nc2)c1. The number of sulfonamides is 1. The zero-order valence-corrected chi connectivity index (χ0v) is 15.6. The smallest absolute Gasteiger partial charge is 0.245 e. The van der Waals surface area contributed by atoms with Crippen LogP contribution in [0.25, 0.3) is 0 Å². The van der Waals surface area contributed by atoms with Gasteiger partial charge in [-0.05, 0) is 31.2 Å². The van der Waals surface area contributed by atoms with Gasteiger partial charge in [0.2, 0.25) is 10.0 Å². The second-order valence-corrected chi connectivity index (χ2v) is 6.85. The number of methoxy groups -OCH3 is 2. The van der Waals surface area contributed by atoms with Crippen molar-refractivity contribution in [1.29, 1.82) is 0 Å². The van der Waals surface area contributed by atoms with Gasteiger partial charge in [0.05, 0.1) is 27.0 Å². The number of pyridine rings is 1. The Balaban J connectivity index is 1.93. The largest absolute Gasteiger partial charge is 0.497 e. The molecule has 2 aromatic rings. The normalized spacial score (nSPS) is 10.6. The van der Waals surface area contributed by atoms with E-state index in [9.17, 15) is 8.42 Å². The summed E-state index contributed by atoms with van der Waals surface area (Å²) in [5, 5.41) is 0. The van der Waals surface area contributed by atoms with Crippen LogP contribution in [0, 0.1) is 18.8 Å². The summed E-state index contributed by atoms with van der Waals surface area (Å²) in [6.07, 6.45) is 1.61. The summed E-state index contributed by atoms with van der Waals surface area (Å²) in [4.78, 5) is 4.09. The molecule has 0 saturated carbocycles. The van der Waals surface area contributed by atoms with Crippen molar-refractivity contribution in [1.82, 2.24) is 9.71 Å². The number of aromatic nitrogens is 1. The number of ether oxygens (including phenoxy) is 3. The number of nitrogens with one attached hydrogen (secondary N) is 1. The maximum absolute atomic E-state index is 12.4. The van der Waals surface area contributed by atoms with Crippen molar-refractivity contribution in [2.24, 2.45) is 0 Å². The Kier molecular flexibility index (Phi) is 6.83. The number of aryl methyl sites for hydroxylation is 1. The number of rotatable bonds is 7. The Labute approximate surface area is 153 Å². The van der Waals surface area contributed by atoms with Crippen LogP contribution in [0.3, 0.4) is 0 Å². The topological polar surface area (TPSA) is 86.8 Å². The highest BCUT2D eigenvalue weighted by atomic mass is 32.2. The van der Waals surface area contributed by atoms with Crippen LogP contribution in [0.15, 0.2) is 41.4 Å². The lowest BCUT2D eigenvalue weighted by molar-refractivity contribution is 0.368. The van der Waals surface area contributed by atoms with Crippen molar-refractivity contribution < 1.29 is 22.6 Å². The summed E-state index contributed by atoms with van der Waals surface area (Å²) in [6.45, 7) is 1.96. The highest BCUT2D eigenvalue weighted by Crippen LogP contribution is 2.27. The Morgan fingerprint density at radius 2 is 1.85 bits per heavy atom. The van der Waals surface area contributed by atoms with Gasteiger partial charge in [0, 0.05) is 11.8 Å². The fourth-order valence-corrected chi connectivity index (χ4v) is 3.08. The van der Waals surface area contributed by atoms with Crippen molar-refractivity contribution >= 4 is 10.0 Å². The van der Waals surface area contributed by atoms with Crippen LogP contribution < -0.4 is 18.9 Å². The molecule has 8 heteroatoms. The third-order valence-electron chi connectivity index (χ3n) is 3.33. The van der Waals surface area contributed by atoms with Crippen LogP contribution in [-0.2, 0) is 10.0 Å². The standard InChI is InChI=1S/C18H20N2O5S/c1-14-6-7-16(13-19-14)25-11-5-4-10-20-26(21,22)18-12-15(23-2)8-9-17(18)24-3/h6-9,12-13,20H,10-11H2,1-3H3. The average Bonchev–Trinajstić information content (AvgIpc) is 2.65. The highest BCUT2D eigenvalue weighted by Gasteiger charge is 2.19. The zero-order valence-electron chi connectivity index (χ0n) is 14.8. The molecule has 26 heavy (non-hydrogen) atoms. The van der Waals surface area contributed by atoms with Crippen LogP contribution in [0.4, 0.5) is 0 Å². The first-order chi connectivity index (χ1) is 12.5. The third-order valence-corrected chi connectivity index (χ3v) is 4.75. The van der Waals surface area contributed by atoms with Gasteiger partial charge in [0.15, 0.2) is 0 Å². The van der Waals surface area contributed by atoms with E-state index < -0.39 is 10.0 Å². The molecule has 1 heterocycles. The zero-order chi connectivity index (χ0) is 19.0. The molecule has 1 N–H and O–H groups in total. The highest BCUT2D eigenvalue weighted by molar-refractivity contribution is 7.89. The van der Waals surface area contributed by atoms with Gasteiger partial charge >= 0.3 is 0 Å². The molecule has 2 rings (SSSR count). The van der Waals surface area contributed by atoms with Crippen molar-refractivity contribution in [3.05, 3.63) is 42.2 Å². The molecule has 138 valence electrons. The molecular formula is C18H20N2O5S. The Morgan fingerprint density at radius 1 is 1.08 bits per heavy atom. The number of nitrogens with zero attached hydrogens (tertiary/aromatic N) is 1. The van der Waals surface area contributed by atoms with E-state index in [1.165, 1.54) is 26.4 Å². The molecule has 0 amide bonds. The second kappa shape index (κ2) is 9.08. The molecule has 0 aliphatic carbocycles. The minimum absolute atomic E-state index is 0.0110. The lowest BCUT2D eigenvalue weighted by atomic mass is 10.3. The predicted octanol–water partition coefficient (Wildman–Crippen LogP) is 1.77. The molecule has 0 radical (unpaired) electrons. The first-order valence-corrected chi connectivity index (χ1v) is 9.17. The molecule has 0 aliphatic rings. The maximum Gasteiger partial charge on any atom is 0.245 e. The summed E-state index contributed by atoms with van der Waals surface area (Å²) in [7, 11) is -0.928. The summed E-state index contributed by atoms with van der Waals surface area (Å²) in [5.74, 6) is 6.68. The molecule has 7 nitrogen and oxygen atoms in total. The fraction of sp³-hybridized carbons (Fsp3) is 0.278. The summed E-state index contributed by atoms with van der Waals surface area (Å²) >= 11 is 0. The number of benzene rings is 1. The Bertz CT molecular complexity index is 899. The fourth-order valence-electron chi connectivity index (χ4n) is 1.98. The summed E-state index contributed by atoms with van der Waals surface area (Å²) in [5.41, 5.74) is 0.894. The van der Waals surface area contributed by atoms with Crippen LogP contribution in [-0.4, -0.2) is 40.8 Å². The molecule has 1 aromatic heterocycles. The van der Waals surface area contributed by atoms with E-state index in [-0.39, 0.29) is 23.8 Å². The van der Waals surface area contributed by atoms with Gasteiger partial charge in [-0.15, -0.1) is 0 Å². The number of hydrogen-bond acceptors (Lipinski definition) is 6.